The van der Waals surface area contributed by atoms with E-state index in [4.69, 9.17) is 5.73 Å². The first-order chi connectivity index (χ1) is 5.00. The van der Waals surface area contributed by atoms with E-state index >= 15 is 0 Å². The third-order valence-electron chi connectivity index (χ3n) is 1.09. The first-order valence-corrected chi connectivity index (χ1v) is 4.10. The number of anilines is 1. The topological polar surface area (TPSA) is 87.1 Å². The largest absolute Gasteiger partial charge is 0.693 e. The Morgan fingerprint density at radius 3 is 2.18 bits per heavy atom. The average molecular weight is 174 g/mol. The van der Waals surface area contributed by atoms with E-state index in [1.54, 1.807) is 0 Å². The van der Waals surface area contributed by atoms with Gasteiger partial charge in [-0.1, -0.05) is 0 Å². The predicted molar refractivity (Wildman–Crippen MR) is 36.1 cm³/mol. The highest BCUT2D eigenvalue weighted by molar-refractivity contribution is 7.78. The van der Waals surface area contributed by atoms with Crippen molar-refractivity contribution >= 4 is 16.0 Å². The van der Waals surface area contributed by atoms with Crippen LogP contribution < -0.4 is 9.71 Å². The molecule has 6 heteroatoms. The summed E-state index contributed by atoms with van der Waals surface area (Å²) in [6, 6.07) is 2.66. The molecular weight excluding hydrogens is 168 g/mol. The van der Waals surface area contributed by atoms with Crippen LogP contribution in [0, 0.1) is 0 Å². The number of rotatable bonds is 1. The fraction of sp³-hybridized carbons (Fsp3) is 0. The molecule has 1 heterocycles. The molecule has 1 aromatic rings. The number of nitrogens with zero attached hydrogens (tertiary/aromatic N) is 1. The predicted octanol–water partition coefficient (Wildman–Crippen LogP) is -1.14. The van der Waals surface area contributed by atoms with Crippen LogP contribution in [0.1, 0.15) is 0 Å². The summed E-state index contributed by atoms with van der Waals surface area (Å²) < 4.78 is 31.5. The van der Waals surface area contributed by atoms with Gasteiger partial charge in [-0.25, -0.2) is 0 Å². The van der Waals surface area contributed by atoms with Crippen molar-refractivity contribution in [1.82, 2.24) is 0 Å². The van der Waals surface area contributed by atoms with Gasteiger partial charge in [0.25, 0.3) is 0 Å². The van der Waals surface area contributed by atoms with Gasteiger partial charge < -0.3 is 10.3 Å². The first-order valence-electron chi connectivity index (χ1n) is 2.73. The Balaban J connectivity index is 3.20. The Morgan fingerprint density at radius 2 is 1.82 bits per heavy atom. The zero-order valence-corrected chi connectivity index (χ0v) is 6.28. The molecule has 2 N–H and O–H groups in total. The highest BCUT2D eigenvalue weighted by atomic mass is 32.2. The molecule has 1 rings (SSSR count). The van der Waals surface area contributed by atoms with E-state index in [1.165, 1.54) is 12.1 Å². The molecular formula is C5H6N2O3S. The van der Waals surface area contributed by atoms with Crippen molar-refractivity contribution in [2.24, 2.45) is 0 Å². The van der Waals surface area contributed by atoms with E-state index < -0.39 is 10.3 Å². The molecule has 0 atom stereocenters. The monoisotopic (exact) mass is 174 g/mol. The summed E-state index contributed by atoms with van der Waals surface area (Å²) in [5.41, 5.74) is 5.67. The van der Waals surface area contributed by atoms with Gasteiger partial charge in [-0.3, -0.25) is 0 Å². The van der Waals surface area contributed by atoms with Gasteiger partial charge in [0, 0.05) is 17.8 Å². The second-order valence-corrected chi connectivity index (χ2v) is 3.20. The summed E-state index contributed by atoms with van der Waals surface area (Å²) >= 11 is 0. The quantitative estimate of drug-likeness (QED) is 0.431. The molecule has 0 fully saturated rings. The molecule has 1 aromatic heterocycles. The normalized spacial score (nSPS) is 11.4. The summed E-state index contributed by atoms with van der Waals surface area (Å²) in [6.07, 6.45) is 2.19. The molecule has 5 nitrogen and oxygen atoms in total. The number of hydrogen-bond acceptors (Lipinski definition) is 4. The van der Waals surface area contributed by atoms with Crippen molar-refractivity contribution in [2.45, 2.75) is 0 Å². The molecule has 0 saturated heterocycles. The summed E-state index contributed by atoms with van der Waals surface area (Å²) in [7, 11) is -4.41. The van der Waals surface area contributed by atoms with Crippen LogP contribution in [0.4, 0.5) is 5.69 Å². The van der Waals surface area contributed by atoms with Crippen LogP contribution in [-0.2, 0) is 10.3 Å². The lowest BCUT2D eigenvalue weighted by molar-refractivity contribution is -0.519. The smallest absolute Gasteiger partial charge is 0.329 e. The van der Waals surface area contributed by atoms with Gasteiger partial charge in [-0.2, -0.15) is 8.42 Å². The Labute approximate surface area is 64.0 Å². The van der Waals surface area contributed by atoms with E-state index in [0.717, 1.165) is 12.4 Å². The van der Waals surface area contributed by atoms with Crippen molar-refractivity contribution in [3.63, 3.8) is 0 Å². The van der Waals surface area contributed by atoms with Gasteiger partial charge in [0.1, 0.15) is 0 Å². The lowest BCUT2D eigenvalue weighted by atomic mass is 10.4. The minimum atomic E-state index is -4.41. The highest BCUT2D eigenvalue weighted by Gasteiger charge is 2.05. The molecule has 0 unspecified atom stereocenters. The highest BCUT2D eigenvalue weighted by Crippen LogP contribution is 1.93. The van der Waals surface area contributed by atoms with E-state index in [0.29, 0.717) is 9.66 Å². The summed E-state index contributed by atoms with van der Waals surface area (Å²) in [6.45, 7) is 0. The molecule has 0 radical (unpaired) electrons. The van der Waals surface area contributed by atoms with Gasteiger partial charge in [0.15, 0.2) is 12.4 Å². The third kappa shape index (κ3) is 1.89. The molecule has 60 valence electrons. The zero-order valence-electron chi connectivity index (χ0n) is 5.47. The minimum Gasteiger partial charge on any atom is -0.693 e. The number of pyridine rings is 1. The number of hydrogen-bond donors (Lipinski definition) is 1. The van der Waals surface area contributed by atoms with Crippen LogP contribution in [0.15, 0.2) is 24.5 Å². The third-order valence-corrected chi connectivity index (χ3v) is 1.85. The van der Waals surface area contributed by atoms with Crippen molar-refractivity contribution < 1.29 is 16.9 Å². The van der Waals surface area contributed by atoms with E-state index in [1.807, 2.05) is 0 Å². The van der Waals surface area contributed by atoms with E-state index in [2.05, 4.69) is 0 Å². The number of nitrogen functional groups attached to an aromatic ring is 1. The van der Waals surface area contributed by atoms with Crippen molar-refractivity contribution in [3.8, 4) is 0 Å². The lowest BCUT2D eigenvalue weighted by Crippen LogP contribution is -2.41. The summed E-state index contributed by atoms with van der Waals surface area (Å²) in [5.74, 6) is 0. The van der Waals surface area contributed by atoms with Gasteiger partial charge in [0.05, 0.1) is 0 Å². The van der Waals surface area contributed by atoms with Gasteiger partial charge in [0.2, 0.25) is 0 Å². The fourth-order valence-corrected chi connectivity index (χ4v) is 0.993. The van der Waals surface area contributed by atoms with Crippen LogP contribution in [0.5, 0.6) is 0 Å². The Kier molecular flexibility index (Phi) is 1.79. The van der Waals surface area contributed by atoms with E-state index in [-0.39, 0.29) is 0 Å². The second-order valence-electron chi connectivity index (χ2n) is 1.92. The van der Waals surface area contributed by atoms with E-state index in [9.17, 15) is 13.0 Å². The Hall–Kier alpha value is -1.14. The van der Waals surface area contributed by atoms with Crippen molar-refractivity contribution in [2.75, 3.05) is 5.73 Å². The molecule has 0 aliphatic heterocycles. The maximum Gasteiger partial charge on any atom is 0.329 e. The molecule has 0 aromatic carbocycles. The number of aromatic nitrogens is 1. The second kappa shape index (κ2) is 2.48. The van der Waals surface area contributed by atoms with Gasteiger partial charge in [-0.15, -0.1) is 3.97 Å². The first kappa shape index (κ1) is 7.96. The van der Waals surface area contributed by atoms with Crippen molar-refractivity contribution in [1.29, 1.82) is 0 Å². The fourth-order valence-electron chi connectivity index (χ4n) is 0.573. The SMILES string of the molecule is Nc1cc[n+](S(=O)(=O)[O-])cc1. The Morgan fingerprint density at radius 1 is 1.36 bits per heavy atom. The molecule has 0 saturated carbocycles. The maximum atomic E-state index is 10.3. The maximum absolute atomic E-state index is 10.3. The molecule has 0 amide bonds. The molecule has 0 spiro atoms. The van der Waals surface area contributed by atoms with Crippen LogP contribution >= 0.6 is 0 Å². The van der Waals surface area contributed by atoms with Gasteiger partial charge >= 0.3 is 10.3 Å². The standard InChI is InChI=1S/C5H6N2O3S/c6-5-1-3-7(4-2-5)11(8,9)10/h1-4,6H,(H,8,9,10). The molecule has 0 aliphatic rings. The zero-order chi connectivity index (χ0) is 8.48. The molecule has 0 aliphatic carbocycles. The van der Waals surface area contributed by atoms with Crippen LogP contribution in [0.2, 0.25) is 0 Å². The minimum absolute atomic E-state index is 0.407. The number of nitrogens with two attached hydrogens (primary N) is 1. The lowest BCUT2D eigenvalue weighted by Gasteiger charge is -1.98. The van der Waals surface area contributed by atoms with Crippen molar-refractivity contribution in [3.05, 3.63) is 24.5 Å². The van der Waals surface area contributed by atoms with Crippen LogP contribution in [0.3, 0.4) is 0 Å². The molecule has 11 heavy (non-hydrogen) atoms. The Bertz CT molecular complexity index is 342. The average Bonchev–Trinajstić information content (AvgIpc) is 1.86. The molecule has 0 bridgehead atoms. The summed E-state index contributed by atoms with van der Waals surface area (Å²) in [5, 5.41) is 0. The summed E-state index contributed by atoms with van der Waals surface area (Å²) in [4.78, 5) is 0. The van der Waals surface area contributed by atoms with Crippen LogP contribution in [0.25, 0.3) is 0 Å². The van der Waals surface area contributed by atoms with Crippen LogP contribution in [-0.4, -0.2) is 13.0 Å². The van der Waals surface area contributed by atoms with Gasteiger partial charge in [-0.05, 0) is 0 Å².